The lowest BCUT2D eigenvalue weighted by atomic mass is 10.1. The zero-order valence-electron chi connectivity index (χ0n) is 14.1. The van der Waals surface area contributed by atoms with Crippen molar-refractivity contribution in [2.24, 2.45) is 4.99 Å². The van der Waals surface area contributed by atoms with Crippen molar-refractivity contribution < 1.29 is 8.42 Å². The van der Waals surface area contributed by atoms with Crippen molar-refractivity contribution in [1.29, 1.82) is 0 Å². The van der Waals surface area contributed by atoms with E-state index in [0.29, 0.717) is 19.0 Å². The average molecular weight is 325 g/mol. The molecule has 0 unspecified atom stereocenters. The molecule has 0 fully saturated rings. The topological polar surface area (TPSA) is 70.6 Å². The van der Waals surface area contributed by atoms with Gasteiger partial charge in [-0.3, -0.25) is 4.99 Å². The molecule has 5 nitrogen and oxygen atoms in total. The highest BCUT2D eigenvalue weighted by Gasteiger charge is 2.28. The summed E-state index contributed by atoms with van der Waals surface area (Å²) < 4.78 is 23.3. The minimum absolute atomic E-state index is 0.0851. The van der Waals surface area contributed by atoms with Crippen molar-refractivity contribution in [1.82, 2.24) is 10.6 Å². The van der Waals surface area contributed by atoms with Gasteiger partial charge in [0, 0.05) is 20.1 Å². The molecule has 0 heterocycles. The largest absolute Gasteiger partial charge is 0.355 e. The number of guanidine groups is 1. The minimum Gasteiger partial charge on any atom is -0.355 e. The molecule has 0 spiro atoms. The molecule has 0 aliphatic rings. The summed E-state index contributed by atoms with van der Waals surface area (Å²) in [6.07, 6.45) is 0. The van der Waals surface area contributed by atoms with Crippen LogP contribution in [0.5, 0.6) is 0 Å². The van der Waals surface area contributed by atoms with Crippen LogP contribution in [0.15, 0.2) is 29.3 Å². The smallest absolute Gasteiger partial charge is 0.191 e. The molecule has 0 aromatic heterocycles. The van der Waals surface area contributed by atoms with Crippen molar-refractivity contribution >= 4 is 15.8 Å². The van der Waals surface area contributed by atoms with E-state index < -0.39 is 14.6 Å². The molecule has 1 rings (SSSR count). The van der Waals surface area contributed by atoms with E-state index in [1.54, 1.807) is 27.8 Å². The zero-order chi connectivity index (χ0) is 16.8. The number of benzene rings is 1. The Balaban J connectivity index is 2.45. The van der Waals surface area contributed by atoms with Gasteiger partial charge in [0.1, 0.15) is 0 Å². The lowest BCUT2D eigenvalue weighted by Gasteiger charge is -2.19. The normalized spacial score (nSPS) is 13.0. The monoisotopic (exact) mass is 325 g/mol. The van der Waals surface area contributed by atoms with Gasteiger partial charge in [-0.25, -0.2) is 8.42 Å². The summed E-state index contributed by atoms with van der Waals surface area (Å²) in [4.78, 5) is 4.10. The Morgan fingerprint density at radius 2 is 1.73 bits per heavy atom. The van der Waals surface area contributed by atoms with Gasteiger partial charge in [0.2, 0.25) is 0 Å². The quantitative estimate of drug-likeness (QED) is 0.640. The molecule has 0 atom stereocenters. The average Bonchev–Trinajstić information content (AvgIpc) is 2.43. The Bertz CT molecular complexity index is 599. The molecule has 0 saturated carbocycles. The molecule has 0 aliphatic carbocycles. The Kier molecular flexibility index (Phi) is 6.41. The second-order valence-electron chi connectivity index (χ2n) is 6.27. The number of sulfone groups is 1. The van der Waals surface area contributed by atoms with E-state index >= 15 is 0 Å². The zero-order valence-corrected chi connectivity index (χ0v) is 14.9. The molecule has 22 heavy (non-hydrogen) atoms. The maximum Gasteiger partial charge on any atom is 0.191 e. The van der Waals surface area contributed by atoms with Crippen molar-refractivity contribution in [2.45, 2.75) is 39.0 Å². The third kappa shape index (κ3) is 5.67. The highest BCUT2D eigenvalue weighted by Crippen LogP contribution is 2.15. The summed E-state index contributed by atoms with van der Waals surface area (Å²) in [7, 11) is -1.45. The second kappa shape index (κ2) is 7.63. The lowest BCUT2D eigenvalue weighted by Crippen LogP contribution is -2.41. The first kappa shape index (κ1) is 18.5. The Morgan fingerprint density at radius 3 is 2.23 bits per heavy atom. The van der Waals surface area contributed by atoms with Crippen LogP contribution in [0.1, 0.15) is 31.9 Å². The second-order valence-corrected chi connectivity index (χ2v) is 9.13. The van der Waals surface area contributed by atoms with Gasteiger partial charge in [-0.05, 0) is 33.3 Å². The maximum atomic E-state index is 12.0. The van der Waals surface area contributed by atoms with Crippen LogP contribution in [-0.4, -0.2) is 38.5 Å². The van der Waals surface area contributed by atoms with E-state index in [2.05, 4.69) is 39.9 Å². The molecule has 124 valence electrons. The standard InChI is InChI=1S/C16H27N3O2S/c1-13-6-8-14(9-7-13)12-19-15(17-5)18-10-11-22(20,21)16(2,3)4/h6-9H,10-12H2,1-5H3,(H2,17,18,19). The number of aryl methyl sites for hydroxylation is 1. The van der Waals surface area contributed by atoms with Gasteiger partial charge in [-0.15, -0.1) is 0 Å². The van der Waals surface area contributed by atoms with Crippen LogP contribution in [0.25, 0.3) is 0 Å². The number of rotatable bonds is 5. The van der Waals surface area contributed by atoms with Crippen molar-refractivity contribution in [3.8, 4) is 0 Å². The summed E-state index contributed by atoms with van der Waals surface area (Å²) in [5.74, 6) is 0.687. The molecule has 1 aromatic rings. The number of nitrogens with one attached hydrogen (secondary N) is 2. The summed E-state index contributed by atoms with van der Waals surface area (Å²) in [5.41, 5.74) is 2.37. The minimum atomic E-state index is -3.12. The van der Waals surface area contributed by atoms with E-state index in [9.17, 15) is 8.42 Å². The van der Waals surface area contributed by atoms with Gasteiger partial charge in [-0.1, -0.05) is 29.8 Å². The van der Waals surface area contributed by atoms with E-state index in [1.165, 1.54) is 5.56 Å². The third-order valence-electron chi connectivity index (χ3n) is 3.40. The van der Waals surface area contributed by atoms with Crippen LogP contribution < -0.4 is 10.6 Å². The van der Waals surface area contributed by atoms with Gasteiger partial charge >= 0.3 is 0 Å². The van der Waals surface area contributed by atoms with Crippen molar-refractivity contribution in [3.05, 3.63) is 35.4 Å². The van der Waals surface area contributed by atoms with Crippen molar-refractivity contribution in [2.75, 3.05) is 19.3 Å². The van der Waals surface area contributed by atoms with E-state index in [0.717, 1.165) is 5.56 Å². The number of aliphatic imine (C=N–C) groups is 1. The van der Waals surface area contributed by atoms with Gasteiger partial charge in [0.25, 0.3) is 0 Å². The van der Waals surface area contributed by atoms with Gasteiger partial charge in [0.15, 0.2) is 15.8 Å². The Labute approximate surface area is 134 Å². The van der Waals surface area contributed by atoms with Crippen LogP contribution in [-0.2, 0) is 16.4 Å². The van der Waals surface area contributed by atoms with Gasteiger partial charge in [-0.2, -0.15) is 0 Å². The fraction of sp³-hybridized carbons (Fsp3) is 0.562. The molecule has 0 bridgehead atoms. The molecular weight excluding hydrogens is 298 g/mol. The number of hydrogen-bond donors (Lipinski definition) is 2. The van der Waals surface area contributed by atoms with Crippen LogP contribution in [0.2, 0.25) is 0 Å². The highest BCUT2D eigenvalue weighted by molar-refractivity contribution is 7.92. The number of nitrogens with zero attached hydrogens (tertiary/aromatic N) is 1. The first-order valence-corrected chi connectivity index (χ1v) is 9.03. The molecule has 2 N–H and O–H groups in total. The van der Waals surface area contributed by atoms with Gasteiger partial charge in [0.05, 0.1) is 10.5 Å². The summed E-state index contributed by atoms with van der Waals surface area (Å²) in [6, 6.07) is 8.23. The molecule has 0 aliphatic heterocycles. The summed E-state index contributed by atoms with van der Waals surface area (Å²) in [6.45, 7) is 8.18. The third-order valence-corrected chi connectivity index (χ3v) is 6.01. The first-order valence-electron chi connectivity index (χ1n) is 7.38. The highest BCUT2D eigenvalue weighted by atomic mass is 32.2. The molecule has 6 heteroatoms. The van der Waals surface area contributed by atoms with Crippen LogP contribution >= 0.6 is 0 Å². The maximum absolute atomic E-state index is 12.0. The molecule has 0 radical (unpaired) electrons. The van der Waals surface area contributed by atoms with Crippen LogP contribution in [0, 0.1) is 6.92 Å². The van der Waals surface area contributed by atoms with Gasteiger partial charge < -0.3 is 10.6 Å². The van der Waals surface area contributed by atoms with Crippen molar-refractivity contribution in [3.63, 3.8) is 0 Å². The first-order chi connectivity index (χ1) is 10.2. The Hall–Kier alpha value is -1.56. The molecular formula is C16H27N3O2S. The lowest BCUT2D eigenvalue weighted by molar-refractivity contribution is 0.559. The van der Waals surface area contributed by atoms with E-state index in [4.69, 9.17) is 0 Å². The SMILES string of the molecule is CN=C(NCCS(=O)(=O)C(C)(C)C)NCc1ccc(C)cc1. The fourth-order valence-corrected chi connectivity index (χ4v) is 2.71. The molecule has 1 aromatic carbocycles. The Morgan fingerprint density at radius 1 is 1.14 bits per heavy atom. The predicted molar refractivity (Wildman–Crippen MR) is 92.9 cm³/mol. The van der Waals surface area contributed by atoms with E-state index in [-0.39, 0.29) is 5.75 Å². The summed E-state index contributed by atoms with van der Waals surface area (Å²) in [5, 5.41) is 6.21. The molecule has 0 amide bonds. The number of hydrogen-bond acceptors (Lipinski definition) is 3. The predicted octanol–water partition coefficient (Wildman–Crippen LogP) is 1.87. The fourth-order valence-electron chi connectivity index (χ4n) is 1.72. The van der Waals surface area contributed by atoms with E-state index in [1.807, 2.05) is 6.92 Å². The van der Waals surface area contributed by atoms with Crippen LogP contribution in [0.4, 0.5) is 0 Å². The molecule has 0 saturated heterocycles. The summed E-state index contributed by atoms with van der Waals surface area (Å²) >= 11 is 0. The van der Waals surface area contributed by atoms with Crippen LogP contribution in [0.3, 0.4) is 0 Å².